The van der Waals surface area contributed by atoms with Crippen molar-refractivity contribution in [3.63, 3.8) is 0 Å². The molecule has 0 aromatic heterocycles. The average Bonchev–Trinajstić information content (AvgIpc) is 2.22. The summed E-state index contributed by atoms with van der Waals surface area (Å²) in [5.41, 5.74) is 0. The van der Waals surface area contributed by atoms with Gasteiger partial charge in [0.2, 0.25) is 10.0 Å². The fraction of sp³-hybridized carbons (Fsp3) is 0.333. The maximum absolute atomic E-state index is 13.3. The molecule has 0 aliphatic heterocycles. The first kappa shape index (κ1) is 13.0. The molecule has 0 atom stereocenters. The van der Waals surface area contributed by atoms with E-state index in [1.807, 2.05) is 0 Å². The third kappa shape index (κ3) is 2.37. The number of halogens is 2. The number of benzene rings is 1. The molecule has 1 N–H and O–H groups in total. The zero-order valence-corrected chi connectivity index (χ0v) is 9.34. The SMILES string of the molecule is CN(CCO)S(=O)(=O)c1cccc(F)c1F. The average molecular weight is 251 g/mol. The molecule has 0 amide bonds. The highest BCUT2D eigenvalue weighted by Gasteiger charge is 2.25. The van der Waals surface area contributed by atoms with E-state index < -0.39 is 33.2 Å². The molecule has 0 spiro atoms. The van der Waals surface area contributed by atoms with Gasteiger partial charge in [0.1, 0.15) is 4.90 Å². The molecular weight excluding hydrogens is 240 g/mol. The van der Waals surface area contributed by atoms with Crippen molar-refractivity contribution in [1.82, 2.24) is 4.31 Å². The summed E-state index contributed by atoms with van der Waals surface area (Å²) < 4.78 is 50.3. The fourth-order valence-corrected chi connectivity index (χ4v) is 2.34. The molecule has 7 heteroatoms. The zero-order valence-electron chi connectivity index (χ0n) is 8.52. The molecular formula is C9H11F2NO3S. The number of hydrogen-bond donors (Lipinski definition) is 1. The van der Waals surface area contributed by atoms with Crippen molar-refractivity contribution in [3.8, 4) is 0 Å². The number of likely N-dealkylation sites (N-methyl/N-ethyl adjacent to an activating group) is 1. The maximum atomic E-state index is 13.3. The molecule has 0 heterocycles. The van der Waals surface area contributed by atoms with Crippen molar-refractivity contribution in [2.24, 2.45) is 0 Å². The Kier molecular flexibility index (Phi) is 3.95. The van der Waals surface area contributed by atoms with Crippen molar-refractivity contribution in [2.45, 2.75) is 4.90 Å². The quantitative estimate of drug-likeness (QED) is 0.851. The molecule has 90 valence electrons. The first-order valence-electron chi connectivity index (χ1n) is 4.42. The van der Waals surface area contributed by atoms with Gasteiger partial charge in [-0.05, 0) is 12.1 Å². The standard InChI is InChI=1S/C9H11F2NO3S/c1-12(5-6-13)16(14,15)8-4-2-3-7(10)9(8)11/h2-4,13H,5-6H2,1H3. The molecule has 0 bridgehead atoms. The van der Waals surface area contributed by atoms with Gasteiger partial charge in [-0.15, -0.1) is 0 Å². The van der Waals surface area contributed by atoms with Crippen LogP contribution in [0.15, 0.2) is 23.1 Å². The highest BCUT2D eigenvalue weighted by atomic mass is 32.2. The topological polar surface area (TPSA) is 57.6 Å². The van der Waals surface area contributed by atoms with Crippen molar-refractivity contribution < 1.29 is 22.3 Å². The van der Waals surface area contributed by atoms with Gasteiger partial charge >= 0.3 is 0 Å². The van der Waals surface area contributed by atoms with Crippen LogP contribution in [0.25, 0.3) is 0 Å². The molecule has 0 aliphatic carbocycles. The summed E-state index contributed by atoms with van der Waals surface area (Å²) >= 11 is 0. The van der Waals surface area contributed by atoms with Gasteiger partial charge in [-0.1, -0.05) is 6.07 Å². The summed E-state index contributed by atoms with van der Waals surface area (Å²) in [4.78, 5) is -0.733. The van der Waals surface area contributed by atoms with Crippen LogP contribution in [0, 0.1) is 11.6 Å². The number of nitrogens with zero attached hydrogens (tertiary/aromatic N) is 1. The normalized spacial score (nSPS) is 12.1. The second kappa shape index (κ2) is 4.86. The number of rotatable bonds is 4. The lowest BCUT2D eigenvalue weighted by Crippen LogP contribution is -2.30. The van der Waals surface area contributed by atoms with E-state index in [0.717, 1.165) is 22.5 Å². The first-order valence-corrected chi connectivity index (χ1v) is 5.86. The molecule has 0 saturated carbocycles. The Labute approximate surface area is 92.2 Å². The van der Waals surface area contributed by atoms with Gasteiger partial charge in [-0.2, -0.15) is 4.31 Å². The van der Waals surface area contributed by atoms with Gasteiger partial charge in [0, 0.05) is 13.6 Å². The molecule has 0 saturated heterocycles. The van der Waals surface area contributed by atoms with Crippen molar-refractivity contribution >= 4 is 10.0 Å². The van der Waals surface area contributed by atoms with Crippen LogP contribution >= 0.6 is 0 Å². The lowest BCUT2D eigenvalue weighted by molar-refractivity contribution is 0.266. The van der Waals surface area contributed by atoms with E-state index in [-0.39, 0.29) is 6.54 Å². The van der Waals surface area contributed by atoms with Crippen molar-refractivity contribution in [2.75, 3.05) is 20.2 Å². The first-order chi connectivity index (χ1) is 7.41. The van der Waals surface area contributed by atoms with E-state index in [1.165, 1.54) is 7.05 Å². The lowest BCUT2D eigenvalue weighted by Gasteiger charge is -2.16. The largest absolute Gasteiger partial charge is 0.395 e. The predicted molar refractivity (Wildman–Crippen MR) is 53.3 cm³/mol. The Morgan fingerprint density at radius 1 is 1.38 bits per heavy atom. The number of aliphatic hydroxyl groups is 1. The van der Waals surface area contributed by atoms with Crippen LogP contribution in [-0.2, 0) is 10.0 Å². The molecule has 0 fully saturated rings. The van der Waals surface area contributed by atoms with Crippen molar-refractivity contribution in [3.05, 3.63) is 29.8 Å². The van der Waals surface area contributed by atoms with Gasteiger partial charge in [0.25, 0.3) is 0 Å². The summed E-state index contributed by atoms with van der Waals surface area (Å²) in [7, 11) is -2.92. The maximum Gasteiger partial charge on any atom is 0.245 e. The molecule has 0 radical (unpaired) electrons. The van der Waals surface area contributed by atoms with Crippen LogP contribution in [0.1, 0.15) is 0 Å². The smallest absolute Gasteiger partial charge is 0.245 e. The summed E-state index contributed by atoms with van der Waals surface area (Å²) in [6, 6.07) is 2.92. The van der Waals surface area contributed by atoms with Gasteiger partial charge in [-0.3, -0.25) is 0 Å². The minimum absolute atomic E-state index is 0.182. The third-order valence-electron chi connectivity index (χ3n) is 2.02. The molecule has 4 nitrogen and oxygen atoms in total. The minimum Gasteiger partial charge on any atom is -0.395 e. The molecule has 16 heavy (non-hydrogen) atoms. The summed E-state index contributed by atoms with van der Waals surface area (Å²) in [5, 5.41) is 8.60. The number of aliphatic hydroxyl groups excluding tert-OH is 1. The lowest BCUT2D eigenvalue weighted by atomic mass is 10.3. The monoisotopic (exact) mass is 251 g/mol. The third-order valence-corrected chi connectivity index (χ3v) is 3.89. The highest BCUT2D eigenvalue weighted by molar-refractivity contribution is 7.89. The van der Waals surface area contributed by atoms with Crippen LogP contribution in [0.2, 0.25) is 0 Å². The molecule has 1 aromatic rings. The fourth-order valence-electron chi connectivity index (χ4n) is 1.11. The Balaban J connectivity index is 3.22. The second-order valence-corrected chi connectivity index (χ2v) is 5.12. The Bertz CT molecular complexity index is 476. The molecule has 0 unspecified atom stereocenters. The Hall–Kier alpha value is -1.05. The summed E-state index contributed by atoms with van der Waals surface area (Å²) in [5.74, 6) is -2.63. The Morgan fingerprint density at radius 2 is 2.00 bits per heavy atom. The molecule has 1 rings (SSSR count). The van der Waals surface area contributed by atoms with E-state index in [9.17, 15) is 17.2 Å². The van der Waals surface area contributed by atoms with Gasteiger partial charge in [0.05, 0.1) is 6.61 Å². The van der Waals surface area contributed by atoms with E-state index in [0.29, 0.717) is 0 Å². The molecule has 0 aliphatic rings. The predicted octanol–water partition coefficient (Wildman–Crippen LogP) is 0.578. The number of hydrogen-bond acceptors (Lipinski definition) is 3. The van der Waals surface area contributed by atoms with Gasteiger partial charge in [0.15, 0.2) is 11.6 Å². The van der Waals surface area contributed by atoms with Crippen LogP contribution in [0.5, 0.6) is 0 Å². The van der Waals surface area contributed by atoms with Crippen LogP contribution in [0.3, 0.4) is 0 Å². The van der Waals surface area contributed by atoms with Crippen molar-refractivity contribution in [1.29, 1.82) is 0 Å². The zero-order chi connectivity index (χ0) is 12.3. The van der Waals surface area contributed by atoms with E-state index in [1.54, 1.807) is 0 Å². The van der Waals surface area contributed by atoms with Crippen LogP contribution < -0.4 is 0 Å². The summed E-state index contributed by atoms with van der Waals surface area (Å²) in [6.45, 7) is -0.578. The Morgan fingerprint density at radius 3 is 2.56 bits per heavy atom. The van der Waals surface area contributed by atoms with Crippen LogP contribution in [-0.4, -0.2) is 38.0 Å². The van der Waals surface area contributed by atoms with Gasteiger partial charge < -0.3 is 5.11 Å². The summed E-state index contributed by atoms with van der Waals surface area (Å²) in [6.07, 6.45) is 0. The molecule has 1 aromatic carbocycles. The van der Waals surface area contributed by atoms with E-state index in [4.69, 9.17) is 5.11 Å². The van der Waals surface area contributed by atoms with E-state index >= 15 is 0 Å². The van der Waals surface area contributed by atoms with Gasteiger partial charge in [-0.25, -0.2) is 17.2 Å². The van der Waals surface area contributed by atoms with E-state index in [2.05, 4.69) is 0 Å². The minimum atomic E-state index is -4.10. The highest BCUT2D eigenvalue weighted by Crippen LogP contribution is 2.19. The second-order valence-electron chi connectivity index (χ2n) is 3.10. The van der Waals surface area contributed by atoms with Crippen LogP contribution in [0.4, 0.5) is 8.78 Å². The number of sulfonamides is 1.